The van der Waals surface area contributed by atoms with Crippen LogP contribution < -0.4 is 5.32 Å². The van der Waals surface area contributed by atoms with E-state index in [0.717, 1.165) is 24.0 Å². The maximum atomic E-state index is 12.1. The minimum atomic E-state index is 0.0415. The second-order valence-electron chi connectivity index (χ2n) is 4.94. The molecule has 0 saturated heterocycles. The average molecular weight is 247 g/mol. The molecular weight excluding hydrogens is 226 g/mol. The molecule has 1 aromatic rings. The maximum absolute atomic E-state index is 12.1. The first-order valence-corrected chi connectivity index (χ1v) is 6.68. The van der Waals surface area contributed by atoms with Crippen molar-refractivity contribution in [1.29, 1.82) is 0 Å². The third kappa shape index (κ3) is 3.57. The van der Waals surface area contributed by atoms with E-state index in [1.165, 1.54) is 19.3 Å². The van der Waals surface area contributed by atoms with Crippen LogP contribution in [0.4, 0.5) is 0 Å². The highest BCUT2D eigenvalue weighted by atomic mass is 16.5. The smallest absolute Gasteiger partial charge is 0.251 e. The second-order valence-corrected chi connectivity index (χ2v) is 4.94. The molecule has 0 heterocycles. The minimum absolute atomic E-state index is 0.0415. The Kier molecular flexibility index (Phi) is 4.76. The Morgan fingerprint density at radius 3 is 2.83 bits per heavy atom. The van der Waals surface area contributed by atoms with Crippen LogP contribution >= 0.6 is 0 Å². The number of hydrogen-bond donors (Lipinski definition) is 1. The van der Waals surface area contributed by atoms with Crippen molar-refractivity contribution in [3.05, 3.63) is 35.4 Å². The van der Waals surface area contributed by atoms with Gasteiger partial charge in [0, 0.05) is 18.7 Å². The standard InChI is InChI=1S/C15H21NO2/c1-18-11-12-6-5-7-13(10-12)15(17)16-14-8-3-2-4-9-14/h5-7,10,14H,2-4,8-9,11H2,1H3,(H,16,17). The summed E-state index contributed by atoms with van der Waals surface area (Å²) < 4.78 is 5.08. The molecule has 0 radical (unpaired) electrons. The number of carbonyl (C=O) groups is 1. The molecule has 0 aliphatic heterocycles. The largest absolute Gasteiger partial charge is 0.380 e. The molecule has 0 bridgehead atoms. The number of ether oxygens (including phenoxy) is 1. The van der Waals surface area contributed by atoms with Gasteiger partial charge in [0.25, 0.3) is 5.91 Å². The van der Waals surface area contributed by atoms with Gasteiger partial charge in [-0.05, 0) is 30.5 Å². The lowest BCUT2D eigenvalue weighted by Crippen LogP contribution is -2.36. The van der Waals surface area contributed by atoms with Crippen molar-refractivity contribution in [3.8, 4) is 0 Å². The zero-order chi connectivity index (χ0) is 12.8. The van der Waals surface area contributed by atoms with Gasteiger partial charge in [-0.2, -0.15) is 0 Å². The molecule has 0 aromatic heterocycles. The Hall–Kier alpha value is -1.35. The molecule has 1 aliphatic rings. The lowest BCUT2D eigenvalue weighted by Gasteiger charge is -2.22. The quantitative estimate of drug-likeness (QED) is 0.888. The van der Waals surface area contributed by atoms with Gasteiger partial charge in [0.15, 0.2) is 0 Å². The molecule has 3 heteroatoms. The first-order chi connectivity index (χ1) is 8.79. The van der Waals surface area contributed by atoms with Crippen molar-refractivity contribution in [2.24, 2.45) is 0 Å². The van der Waals surface area contributed by atoms with Crippen LogP contribution in [-0.4, -0.2) is 19.1 Å². The fourth-order valence-corrected chi connectivity index (χ4v) is 2.48. The van der Waals surface area contributed by atoms with E-state index in [9.17, 15) is 4.79 Å². The number of amides is 1. The molecule has 1 saturated carbocycles. The van der Waals surface area contributed by atoms with Gasteiger partial charge in [-0.1, -0.05) is 31.4 Å². The van der Waals surface area contributed by atoms with E-state index in [1.54, 1.807) is 7.11 Å². The fraction of sp³-hybridized carbons (Fsp3) is 0.533. The molecule has 0 spiro atoms. The highest BCUT2D eigenvalue weighted by molar-refractivity contribution is 5.94. The Morgan fingerprint density at radius 2 is 2.11 bits per heavy atom. The fourth-order valence-electron chi connectivity index (χ4n) is 2.48. The topological polar surface area (TPSA) is 38.3 Å². The number of rotatable bonds is 4. The van der Waals surface area contributed by atoms with Gasteiger partial charge in [-0.15, -0.1) is 0 Å². The molecule has 0 atom stereocenters. The van der Waals surface area contributed by atoms with Crippen LogP contribution in [0, 0.1) is 0 Å². The minimum Gasteiger partial charge on any atom is -0.380 e. The van der Waals surface area contributed by atoms with E-state index < -0.39 is 0 Å². The van der Waals surface area contributed by atoms with E-state index in [0.29, 0.717) is 12.6 Å². The lowest BCUT2D eigenvalue weighted by molar-refractivity contribution is 0.0927. The number of carbonyl (C=O) groups excluding carboxylic acids is 1. The van der Waals surface area contributed by atoms with E-state index in [1.807, 2.05) is 24.3 Å². The van der Waals surface area contributed by atoms with Crippen LogP contribution in [0.1, 0.15) is 48.0 Å². The summed E-state index contributed by atoms with van der Waals surface area (Å²) in [7, 11) is 1.66. The Balaban J connectivity index is 1.96. The van der Waals surface area contributed by atoms with Crippen LogP contribution in [0.3, 0.4) is 0 Å². The number of nitrogens with one attached hydrogen (secondary N) is 1. The normalized spacial score (nSPS) is 16.5. The summed E-state index contributed by atoms with van der Waals surface area (Å²) in [6.45, 7) is 0.546. The van der Waals surface area contributed by atoms with E-state index in [4.69, 9.17) is 4.74 Å². The highest BCUT2D eigenvalue weighted by Crippen LogP contribution is 2.18. The van der Waals surface area contributed by atoms with Crippen molar-refractivity contribution in [2.45, 2.75) is 44.8 Å². The monoisotopic (exact) mass is 247 g/mol. The van der Waals surface area contributed by atoms with Gasteiger partial charge < -0.3 is 10.1 Å². The molecule has 1 amide bonds. The van der Waals surface area contributed by atoms with Crippen LogP contribution in [-0.2, 0) is 11.3 Å². The summed E-state index contributed by atoms with van der Waals surface area (Å²) >= 11 is 0. The molecular formula is C15H21NO2. The zero-order valence-corrected chi connectivity index (χ0v) is 10.9. The first-order valence-electron chi connectivity index (χ1n) is 6.68. The van der Waals surface area contributed by atoms with Gasteiger partial charge in [0.05, 0.1) is 6.61 Å². The summed E-state index contributed by atoms with van der Waals surface area (Å²) in [6.07, 6.45) is 5.99. The predicted octanol–water partition coefficient (Wildman–Crippen LogP) is 2.90. The van der Waals surface area contributed by atoms with Crippen molar-refractivity contribution < 1.29 is 9.53 Å². The van der Waals surface area contributed by atoms with Crippen LogP contribution in [0.2, 0.25) is 0 Å². The van der Waals surface area contributed by atoms with Crippen molar-refractivity contribution >= 4 is 5.91 Å². The molecule has 18 heavy (non-hydrogen) atoms. The molecule has 3 nitrogen and oxygen atoms in total. The summed E-state index contributed by atoms with van der Waals surface area (Å²) in [6, 6.07) is 8.00. The van der Waals surface area contributed by atoms with E-state index >= 15 is 0 Å². The molecule has 2 rings (SSSR count). The van der Waals surface area contributed by atoms with Gasteiger partial charge in [0.1, 0.15) is 0 Å². The van der Waals surface area contributed by atoms with Crippen LogP contribution in [0.5, 0.6) is 0 Å². The number of benzene rings is 1. The SMILES string of the molecule is COCc1cccc(C(=O)NC2CCCCC2)c1. The molecule has 1 N–H and O–H groups in total. The molecule has 1 aliphatic carbocycles. The highest BCUT2D eigenvalue weighted by Gasteiger charge is 2.16. The third-order valence-corrected chi connectivity index (χ3v) is 3.44. The summed E-state index contributed by atoms with van der Waals surface area (Å²) in [5, 5.41) is 3.12. The Morgan fingerprint density at radius 1 is 1.33 bits per heavy atom. The zero-order valence-electron chi connectivity index (χ0n) is 10.9. The van der Waals surface area contributed by atoms with Gasteiger partial charge in [-0.3, -0.25) is 4.79 Å². The summed E-state index contributed by atoms with van der Waals surface area (Å²) in [5.74, 6) is 0.0415. The third-order valence-electron chi connectivity index (χ3n) is 3.44. The molecule has 1 fully saturated rings. The van der Waals surface area contributed by atoms with Gasteiger partial charge >= 0.3 is 0 Å². The van der Waals surface area contributed by atoms with Crippen molar-refractivity contribution in [1.82, 2.24) is 5.32 Å². The lowest BCUT2D eigenvalue weighted by atomic mass is 9.95. The number of hydrogen-bond acceptors (Lipinski definition) is 2. The first kappa shape index (κ1) is 13.1. The number of methoxy groups -OCH3 is 1. The molecule has 98 valence electrons. The average Bonchev–Trinajstić information content (AvgIpc) is 2.40. The maximum Gasteiger partial charge on any atom is 0.251 e. The van der Waals surface area contributed by atoms with Crippen LogP contribution in [0.25, 0.3) is 0 Å². The van der Waals surface area contributed by atoms with Gasteiger partial charge in [-0.25, -0.2) is 0 Å². The summed E-state index contributed by atoms with van der Waals surface area (Å²) in [4.78, 5) is 12.1. The Bertz CT molecular complexity index is 397. The summed E-state index contributed by atoms with van der Waals surface area (Å²) in [5.41, 5.74) is 1.77. The molecule has 1 aromatic carbocycles. The molecule has 0 unspecified atom stereocenters. The van der Waals surface area contributed by atoms with Gasteiger partial charge in [0.2, 0.25) is 0 Å². The van der Waals surface area contributed by atoms with E-state index in [2.05, 4.69) is 5.32 Å². The van der Waals surface area contributed by atoms with Crippen LogP contribution in [0.15, 0.2) is 24.3 Å². The predicted molar refractivity (Wildman–Crippen MR) is 71.5 cm³/mol. The second kappa shape index (κ2) is 6.55. The van der Waals surface area contributed by atoms with Crippen molar-refractivity contribution in [2.75, 3.05) is 7.11 Å². The Labute approximate surface area is 109 Å². The van der Waals surface area contributed by atoms with E-state index in [-0.39, 0.29) is 5.91 Å². The van der Waals surface area contributed by atoms with Crippen molar-refractivity contribution in [3.63, 3.8) is 0 Å².